The molecule has 8 nitrogen and oxygen atoms in total. The maximum atomic E-state index is 14.2. The average molecular weight is 655 g/mol. The minimum atomic E-state index is -4.29. The highest BCUT2D eigenvalue weighted by Gasteiger charge is 2.35. The van der Waals surface area contributed by atoms with Gasteiger partial charge < -0.3 is 15.0 Å². The SMILES string of the molecule is CCC(C)NC(=O)C(CC)N(Cc1ccc(Cl)cc1Cl)C(=O)CN(c1cc(Cl)ccc1OC)S(=O)(=O)c1ccccc1. The lowest BCUT2D eigenvalue weighted by molar-refractivity contribution is -0.140. The highest BCUT2D eigenvalue weighted by Crippen LogP contribution is 2.35. The van der Waals surface area contributed by atoms with Crippen LogP contribution in [0.4, 0.5) is 5.69 Å². The van der Waals surface area contributed by atoms with Gasteiger partial charge in [-0.05, 0) is 67.8 Å². The van der Waals surface area contributed by atoms with Gasteiger partial charge in [0.05, 0.1) is 17.7 Å². The number of benzene rings is 3. The van der Waals surface area contributed by atoms with E-state index < -0.39 is 28.5 Å². The smallest absolute Gasteiger partial charge is 0.264 e. The van der Waals surface area contributed by atoms with Gasteiger partial charge in [0.1, 0.15) is 18.3 Å². The van der Waals surface area contributed by atoms with Crippen LogP contribution in [0.15, 0.2) is 71.6 Å². The van der Waals surface area contributed by atoms with E-state index in [2.05, 4.69) is 5.32 Å². The van der Waals surface area contributed by atoms with Gasteiger partial charge in [0.15, 0.2) is 0 Å². The molecule has 0 radical (unpaired) electrons. The molecule has 0 fully saturated rings. The Bertz CT molecular complexity index is 1510. The van der Waals surface area contributed by atoms with E-state index in [1.807, 2.05) is 13.8 Å². The van der Waals surface area contributed by atoms with E-state index in [-0.39, 0.29) is 46.3 Å². The van der Waals surface area contributed by atoms with Gasteiger partial charge in [0.2, 0.25) is 11.8 Å². The van der Waals surface area contributed by atoms with Crippen molar-refractivity contribution in [1.29, 1.82) is 0 Å². The second-order valence-corrected chi connectivity index (χ2v) is 12.8. The van der Waals surface area contributed by atoms with Crippen LogP contribution in [0.25, 0.3) is 0 Å². The number of methoxy groups -OCH3 is 1. The first-order chi connectivity index (χ1) is 19.9. The van der Waals surface area contributed by atoms with Crippen LogP contribution in [0.1, 0.15) is 39.2 Å². The number of amides is 2. The summed E-state index contributed by atoms with van der Waals surface area (Å²) in [5.74, 6) is -0.794. The maximum absolute atomic E-state index is 14.2. The monoisotopic (exact) mass is 653 g/mol. The van der Waals surface area contributed by atoms with Crippen molar-refractivity contribution in [2.75, 3.05) is 18.0 Å². The van der Waals surface area contributed by atoms with Gasteiger partial charge in [-0.25, -0.2) is 8.42 Å². The fourth-order valence-electron chi connectivity index (χ4n) is 4.29. The molecular weight excluding hydrogens is 621 g/mol. The summed E-state index contributed by atoms with van der Waals surface area (Å²) >= 11 is 18.8. The number of nitrogens with one attached hydrogen (secondary N) is 1. The summed E-state index contributed by atoms with van der Waals surface area (Å²) < 4.78 is 34.4. The fourth-order valence-corrected chi connectivity index (χ4v) is 6.36. The molecule has 0 bridgehead atoms. The molecule has 3 rings (SSSR count). The third-order valence-electron chi connectivity index (χ3n) is 6.76. The minimum absolute atomic E-state index is 0.0336. The molecule has 0 saturated carbocycles. The zero-order valence-electron chi connectivity index (χ0n) is 23.8. The van der Waals surface area contributed by atoms with E-state index in [9.17, 15) is 18.0 Å². The first-order valence-electron chi connectivity index (χ1n) is 13.4. The predicted octanol–water partition coefficient (Wildman–Crippen LogP) is 6.57. The molecule has 0 saturated heterocycles. The molecule has 3 aromatic rings. The number of anilines is 1. The van der Waals surface area contributed by atoms with Gasteiger partial charge in [0.25, 0.3) is 10.0 Å². The molecule has 42 heavy (non-hydrogen) atoms. The molecule has 2 atom stereocenters. The van der Waals surface area contributed by atoms with E-state index in [0.717, 1.165) is 4.31 Å². The topological polar surface area (TPSA) is 96.0 Å². The van der Waals surface area contributed by atoms with Crippen molar-refractivity contribution in [3.05, 3.63) is 87.4 Å². The second-order valence-electron chi connectivity index (χ2n) is 9.64. The van der Waals surface area contributed by atoms with Crippen LogP contribution >= 0.6 is 34.8 Å². The quantitative estimate of drug-likeness (QED) is 0.225. The first kappa shape index (κ1) is 33.5. The van der Waals surface area contributed by atoms with Crippen molar-refractivity contribution < 1.29 is 22.7 Å². The van der Waals surface area contributed by atoms with E-state index in [4.69, 9.17) is 39.5 Å². The molecule has 0 aromatic heterocycles. The average Bonchev–Trinajstić information content (AvgIpc) is 2.97. The van der Waals surface area contributed by atoms with Gasteiger partial charge in [-0.1, -0.05) is 72.9 Å². The Balaban J connectivity index is 2.14. The summed E-state index contributed by atoms with van der Waals surface area (Å²) in [4.78, 5) is 28.9. The molecule has 0 aliphatic heterocycles. The summed E-state index contributed by atoms with van der Waals surface area (Å²) in [5.41, 5.74) is 0.616. The molecule has 0 heterocycles. The molecule has 0 aliphatic carbocycles. The number of hydrogen-bond acceptors (Lipinski definition) is 5. The molecule has 2 unspecified atom stereocenters. The Morgan fingerprint density at radius 2 is 1.57 bits per heavy atom. The molecule has 0 aliphatic rings. The number of nitrogens with zero attached hydrogens (tertiary/aromatic N) is 2. The van der Waals surface area contributed by atoms with E-state index in [0.29, 0.717) is 22.0 Å². The van der Waals surface area contributed by atoms with E-state index in [1.54, 1.807) is 49.4 Å². The summed E-state index contributed by atoms with van der Waals surface area (Å²) in [6.07, 6.45) is 0.960. The van der Waals surface area contributed by atoms with Crippen LogP contribution in [0.5, 0.6) is 5.75 Å². The van der Waals surface area contributed by atoms with Crippen LogP contribution in [-0.2, 0) is 26.2 Å². The largest absolute Gasteiger partial charge is 0.495 e. The maximum Gasteiger partial charge on any atom is 0.264 e. The van der Waals surface area contributed by atoms with Crippen LogP contribution < -0.4 is 14.4 Å². The standard InChI is InChI=1S/C30H34Cl3N3O5S/c1-5-20(3)34-30(38)26(6-2)35(18-21-12-13-22(31)16-25(21)33)29(37)19-36(27-17-23(32)14-15-28(27)41-4)42(39,40)24-10-8-7-9-11-24/h7-17,20,26H,5-6,18-19H2,1-4H3,(H,34,38). The second kappa shape index (κ2) is 15.0. The Hall–Kier alpha value is -2.98. The number of hydrogen-bond donors (Lipinski definition) is 1. The molecule has 226 valence electrons. The number of carbonyl (C=O) groups excluding carboxylic acids is 2. The number of rotatable bonds is 13. The number of carbonyl (C=O) groups is 2. The first-order valence-corrected chi connectivity index (χ1v) is 15.9. The van der Waals surface area contributed by atoms with Gasteiger partial charge in [-0.3, -0.25) is 13.9 Å². The van der Waals surface area contributed by atoms with Crippen molar-refractivity contribution in [3.63, 3.8) is 0 Å². The normalized spacial score (nSPS) is 12.7. The van der Waals surface area contributed by atoms with Gasteiger partial charge >= 0.3 is 0 Å². The van der Waals surface area contributed by atoms with Gasteiger partial charge in [-0.15, -0.1) is 0 Å². The Morgan fingerprint density at radius 3 is 2.17 bits per heavy atom. The zero-order valence-corrected chi connectivity index (χ0v) is 26.9. The highest BCUT2D eigenvalue weighted by atomic mass is 35.5. The van der Waals surface area contributed by atoms with Crippen LogP contribution in [0.3, 0.4) is 0 Å². The zero-order chi connectivity index (χ0) is 31.0. The van der Waals surface area contributed by atoms with Crippen molar-refractivity contribution in [1.82, 2.24) is 10.2 Å². The molecular formula is C30H34Cl3N3O5S. The summed E-state index contributed by atoms with van der Waals surface area (Å²) in [6, 6.07) is 16.0. The lowest BCUT2D eigenvalue weighted by Crippen LogP contribution is -2.53. The van der Waals surface area contributed by atoms with Crippen molar-refractivity contribution in [2.24, 2.45) is 0 Å². The summed E-state index contributed by atoms with van der Waals surface area (Å²) in [6.45, 7) is 4.88. The number of ether oxygens (including phenoxy) is 1. The number of halogens is 3. The van der Waals surface area contributed by atoms with Crippen molar-refractivity contribution in [2.45, 2.75) is 57.1 Å². The molecule has 0 spiro atoms. The van der Waals surface area contributed by atoms with Crippen molar-refractivity contribution in [3.8, 4) is 5.75 Å². The lowest BCUT2D eigenvalue weighted by Gasteiger charge is -2.34. The van der Waals surface area contributed by atoms with E-state index in [1.165, 1.54) is 36.3 Å². The minimum Gasteiger partial charge on any atom is -0.495 e. The third kappa shape index (κ3) is 8.10. The Labute approximate surface area is 262 Å². The third-order valence-corrected chi connectivity index (χ3v) is 9.36. The molecule has 3 aromatic carbocycles. The van der Waals surface area contributed by atoms with Gasteiger partial charge in [0, 0.05) is 27.7 Å². The Kier molecular flexibility index (Phi) is 11.9. The van der Waals surface area contributed by atoms with Gasteiger partial charge in [-0.2, -0.15) is 0 Å². The summed E-state index contributed by atoms with van der Waals surface area (Å²) in [7, 11) is -2.90. The number of sulfonamides is 1. The molecule has 1 N–H and O–H groups in total. The highest BCUT2D eigenvalue weighted by molar-refractivity contribution is 7.92. The Morgan fingerprint density at radius 1 is 0.929 bits per heavy atom. The molecule has 2 amide bonds. The lowest BCUT2D eigenvalue weighted by atomic mass is 10.1. The molecule has 12 heteroatoms. The van der Waals surface area contributed by atoms with Crippen LogP contribution in [0, 0.1) is 0 Å². The fraction of sp³-hybridized carbons (Fsp3) is 0.333. The predicted molar refractivity (Wildman–Crippen MR) is 168 cm³/mol. The van der Waals surface area contributed by atoms with E-state index >= 15 is 0 Å². The summed E-state index contributed by atoms with van der Waals surface area (Å²) in [5, 5.41) is 3.90. The van der Waals surface area contributed by atoms with Crippen molar-refractivity contribution >= 4 is 62.3 Å². The van der Waals surface area contributed by atoms with Crippen LogP contribution in [0.2, 0.25) is 15.1 Å². The van der Waals surface area contributed by atoms with Crippen LogP contribution in [-0.4, -0.2) is 50.9 Å².